The number of carbonyl (C=O) groups excluding carboxylic acids is 1. The van der Waals surface area contributed by atoms with Crippen molar-refractivity contribution in [1.29, 1.82) is 5.26 Å². The average molecular weight is 471 g/mol. The van der Waals surface area contributed by atoms with Crippen LogP contribution < -0.4 is 4.74 Å². The number of nitrogens with zero attached hydrogens (tertiary/aromatic N) is 4. The third-order valence-electron chi connectivity index (χ3n) is 6.15. The smallest absolute Gasteiger partial charge is 0.387 e. The van der Waals surface area contributed by atoms with Gasteiger partial charge in [0, 0.05) is 58.4 Å². The molecule has 2 atom stereocenters. The predicted molar refractivity (Wildman–Crippen MR) is 122 cm³/mol. The Morgan fingerprint density at radius 2 is 1.71 bits per heavy atom. The van der Waals surface area contributed by atoms with Gasteiger partial charge in [-0.15, -0.1) is 0 Å². The fourth-order valence-corrected chi connectivity index (χ4v) is 4.51. The number of ether oxygens (including phenoxy) is 2. The molecule has 0 spiro atoms. The number of nitriles is 1. The standard InChI is InChI=1S/C25H28F2N4O3/c1-29(24(32)20-6-2-18(12-28)3-7-20)10-11-30-14-22-16-31(17-23(15-30)33-22)13-19-4-8-21(9-5-19)34-25(26)27/h2-9,22-23,25H,10-11,13-17H2,1H3. The molecule has 2 aromatic rings. The molecule has 0 N–H and O–H groups in total. The van der Waals surface area contributed by atoms with Gasteiger partial charge in [-0.2, -0.15) is 14.0 Å². The molecule has 0 radical (unpaired) electrons. The Balaban J connectivity index is 1.24. The minimum absolute atomic E-state index is 0.0610. The van der Waals surface area contributed by atoms with Crippen LogP contribution in [0.5, 0.6) is 5.75 Å². The molecule has 1 amide bonds. The van der Waals surface area contributed by atoms with E-state index < -0.39 is 6.61 Å². The van der Waals surface area contributed by atoms with Gasteiger partial charge in [0.25, 0.3) is 5.91 Å². The van der Waals surface area contributed by atoms with Gasteiger partial charge >= 0.3 is 6.61 Å². The molecule has 180 valence electrons. The second-order valence-electron chi connectivity index (χ2n) is 8.77. The number of likely N-dealkylation sites (N-methyl/N-ethyl adjacent to an activating group) is 1. The summed E-state index contributed by atoms with van der Waals surface area (Å²) in [5.41, 5.74) is 2.15. The molecule has 2 saturated heterocycles. The Hall–Kier alpha value is -3.06. The molecule has 2 aromatic carbocycles. The number of alkyl halides is 2. The van der Waals surface area contributed by atoms with Gasteiger partial charge in [-0.05, 0) is 42.0 Å². The molecule has 2 heterocycles. The number of benzene rings is 2. The molecule has 2 aliphatic heterocycles. The lowest BCUT2D eigenvalue weighted by Gasteiger charge is -2.46. The highest BCUT2D eigenvalue weighted by Gasteiger charge is 2.34. The molecule has 0 aliphatic carbocycles. The van der Waals surface area contributed by atoms with Crippen molar-refractivity contribution in [3.63, 3.8) is 0 Å². The van der Waals surface area contributed by atoms with Crippen LogP contribution in [0.3, 0.4) is 0 Å². The van der Waals surface area contributed by atoms with Crippen molar-refractivity contribution in [2.24, 2.45) is 0 Å². The van der Waals surface area contributed by atoms with E-state index in [0.29, 0.717) is 17.7 Å². The first-order valence-electron chi connectivity index (χ1n) is 11.3. The van der Waals surface area contributed by atoms with Crippen molar-refractivity contribution in [1.82, 2.24) is 14.7 Å². The molecule has 9 heteroatoms. The van der Waals surface area contributed by atoms with Crippen LogP contribution in [-0.2, 0) is 11.3 Å². The lowest BCUT2D eigenvalue weighted by Crippen LogP contribution is -2.59. The molecule has 0 saturated carbocycles. The van der Waals surface area contributed by atoms with E-state index in [9.17, 15) is 13.6 Å². The minimum atomic E-state index is -2.82. The van der Waals surface area contributed by atoms with Crippen LogP contribution >= 0.6 is 0 Å². The highest BCUT2D eigenvalue weighted by Crippen LogP contribution is 2.22. The van der Waals surface area contributed by atoms with Gasteiger partial charge in [0.05, 0.1) is 23.8 Å². The molecular weight excluding hydrogens is 442 g/mol. The molecule has 34 heavy (non-hydrogen) atoms. The summed E-state index contributed by atoms with van der Waals surface area (Å²) in [5.74, 6) is 0.102. The Morgan fingerprint density at radius 1 is 1.09 bits per heavy atom. The topological polar surface area (TPSA) is 69.0 Å². The fourth-order valence-electron chi connectivity index (χ4n) is 4.51. The fraction of sp³-hybridized carbons (Fsp3) is 0.440. The van der Waals surface area contributed by atoms with Gasteiger partial charge in [0.1, 0.15) is 5.75 Å². The van der Waals surface area contributed by atoms with E-state index in [1.54, 1.807) is 48.3 Å². The Labute approximate surface area is 198 Å². The third-order valence-corrected chi connectivity index (χ3v) is 6.15. The van der Waals surface area contributed by atoms with Crippen molar-refractivity contribution in [2.45, 2.75) is 25.4 Å². The van der Waals surface area contributed by atoms with Crippen LogP contribution in [-0.4, -0.2) is 85.7 Å². The summed E-state index contributed by atoms with van der Waals surface area (Å²) in [7, 11) is 1.79. The van der Waals surface area contributed by atoms with Gasteiger partial charge in [0.15, 0.2) is 0 Å². The van der Waals surface area contributed by atoms with Crippen LogP contribution in [0.4, 0.5) is 8.78 Å². The molecule has 2 fully saturated rings. The highest BCUT2D eigenvalue weighted by atomic mass is 19.3. The van der Waals surface area contributed by atoms with Gasteiger partial charge in [-0.25, -0.2) is 0 Å². The minimum Gasteiger partial charge on any atom is -0.435 e. The molecular formula is C25H28F2N4O3. The quantitative estimate of drug-likeness (QED) is 0.591. The maximum atomic E-state index is 12.7. The summed E-state index contributed by atoms with van der Waals surface area (Å²) < 4.78 is 35.2. The van der Waals surface area contributed by atoms with E-state index in [1.807, 2.05) is 12.1 Å². The van der Waals surface area contributed by atoms with E-state index in [2.05, 4.69) is 20.6 Å². The summed E-state index contributed by atoms with van der Waals surface area (Å²) in [6, 6.07) is 15.5. The highest BCUT2D eigenvalue weighted by molar-refractivity contribution is 5.94. The SMILES string of the molecule is CN(CCN1CC2CN(Cc3ccc(OC(F)F)cc3)CC(C1)O2)C(=O)c1ccc(C#N)cc1. The zero-order chi connectivity index (χ0) is 24.1. The van der Waals surface area contributed by atoms with Crippen molar-refractivity contribution < 1.29 is 23.0 Å². The third kappa shape index (κ3) is 6.29. The summed E-state index contributed by atoms with van der Waals surface area (Å²) in [4.78, 5) is 19.0. The Kier molecular flexibility index (Phi) is 7.73. The molecule has 2 unspecified atom stereocenters. The molecule has 4 rings (SSSR count). The molecule has 2 aliphatic rings. The predicted octanol–water partition coefficient (Wildman–Crippen LogP) is 2.82. The van der Waals surface area contributed by atoms with E-state index >= 15 is 0 Å². The van der Waals surface area contributed by atoms with Crippen molar-refractivity contribution in [3.05, 3.63) is 65.2 Å². The molecule has 7 nitrogen and oxygen atoms in total. The van der Waals surface area contributed by atoms with Crippen molar-refractivity contribution in [2.75, 3.05) is 46.3 Å². The van der Waals surface area contributed by atoms with Crippen molar-refractivity contribution in [3.8, 4) is 11.8 Å². The van der Waals surface area contributed by atoms with Crippen LogP contribution in [0.15, 0.2) is 48.5 Å². The maximum Gasteiger partial charge on any atom is 0.387 e. The maximum absolute atomic E-state index is 12.7. The molecule has 2 bridgehead atoms. The first-order valence-corrected chi connectivity index (χ1v) is 11.3. The number of rotatable bonds is 8. The number of carbonyl (C=O) groups is 1. The van der Waals surface area contributed by atoms with E-state index in [0.717, 1.165) is 44.8 Å². The van der Waals surface area contributed by atoms with Crippen LogP contribution in [0.1, 0.15) is 21.5 Å². The number of halogens is 2. The van der Waals surface area contributed by atoms with Crippen LogP contribution in [0.25, 0.3) is 0 Å². The first-order chi connectivity index (χ1) is 16.4. The number of amides is 1. The van der Waals surface area contributed by atoms with Crippen LogP contribution in [0.2, 0.25) is 0 Å². The Morgan fingerprint density at radius 3 is 2.29 bits per heavy atom. The largest absolute Gasteiger partial charge is 0.435 e. The average Bonchev–Trinajstić information content (AvgIpc) is 2.82. The van der Waals surface area contributed by atoms with Gasteiger partial charge in [0.2, 0.25) is 0 Å². The van der Waals surface area contributed by atoms with Gasteiger partial charge in [-0.3, -0.25) is 14.6 Å². The summed E-state index contributed by atoms with van der Waals surface area (Å²) in [6.07, 6.45) is 0.182. The number of fused-ring (bicyclic) bond motifs is 2. The van der Waals surface area contributed by atoms with Crippen LogP contribution in [0, 0.1) is 11.3 Å². The first kappa shape index (κ1) is 24.1. The van der Waals surface area contributed by atoms with Gasteiger partial charge in [-0.1, -0.05) is 12.1 Å². The lowest BCUT2D eigenvalue weighted by molar-refractivity contribution is -0.140. The number of hydrogen-bond acceptors (Lipinski definition) is 6. The van der Waals surface area contributed by atoms with E-state index in [1.165, 1.54) is 0 Å². The normalized spacial score (nSPS) is 20.7. The van der Waals surface area contributed by atoms with E-state index in [4.69, 9.17) is 10.00 Å². The molecule has 0 aromatic heterocycles. The monoisotopic (exact) mass is 470 g/mol. The van der Waals surface area contributed by atoms with Gasteiger partial charge < -0.3 is 14.4 Å². The summed E-state index contributed by atoms with van der Waals surface area (Å²) in [5, 5.41) is 8.91. The zero-order valence-electron chi connectivity index (χ0n) is 19.1. The van der Waals surface area contributed by atoms with Crippen molar-refractivity contribution >= 4 is 5.91 Å². The summed E-state index contributed by atoms with van der Waals surface area (Å²) in [6.45, 7) is 2.47. The lowest BCUT2D eigenvalue weighted by atomic mass is 10.1. The number of morpholine rings is 2. The number of hydrogen-bond donors (Lipinski definition) is 0. The van der Waals surface area contributed by atoms with E-state index in [-0.39, 0.29) is 23.9 Å². The summed E-state index contributed by atoms with van der Waals surface area (Å²) >= 11 is 0. The Bertz CT molecular complexity index is 996. The zero-order valence-corrected chi connectivity index (χ0v) is 19.1. The second-order valence-corrected chi connectivity index (χ2v) is 8.77. The second kappa shape index (κ2) is 10.9.